The maximum Gasteiger partial charge on any atom is 0.231 e. The van der Waals surface area contributed by atoms with Crippen molar-refractivity contribution in [2.75, 3.05) is 6.79 Å². The SMILES string of the molecule is OC(/C=C/c1ccccc1)c1ccc2c(c1)OCO2. The van der Waals surface area contributed by atoms with Gasteiger partial charge in [-0.15, -0.1) is 0 Å². The highest BCUT2D eigenvalue weighted by molar-refractivity contribution is 5.51. The second kappa shape index (κ2) is 5.16. The van der Waals surface area contributed by atoms with Crippen LogP contribution in [0.4, 0.5) is 0 Å². The van der Waals surface area contributed by atoms with Crippen LogP contribution in [0.25, 0.3) is 6.08 Å². The van der Waals surface area contributed by atoms with Gasteiger partial charge in [-0.1, -0.05) is 48.6 Å². The van der Waals surface area contributed by atoms with Gasteiger partial charge >= 0.3 is 0 Å². The van der Waals surface area contributed by atoms with Crippen molar-refractivity contribution in [3.8, 4) is 11.5 Å². The van der Waals surface area contributed by atoms with Gasteiger partial charge < -0.3 is 14.6 Å². The first-order valence-electron chi connectivity index (χ1n) is 6.14. The molecule has 0 aromatic heterocycles. The molecule has 3 rings (SSSR count). The van der Waals surface area contributed by atoms with Gasteiger partial charge in [0.05, 0.1) is 6.10 Å². The first-order chi connectivity index (χ1) is 9.33. The van der Waals surface area contributed by atoms with E-state index in [1.165, 1.54) is 0 Å². The van der Waals surface area contributed by atoms with Crippen molar-refractivity contribution in [3.63, 3.8) is 0 Å². The summed E-state index contributed by atoms with van der Waals surface area (Å²) in [7, 11) is 0. The van der Waals surface area contributed by atoms with E-state index in [9.17, 15) is 5.11 Å². The number of benzene rings is 2. The smallest absolute Gasteiger partial charge is 0.231 e. The van der Waals surface area contributed by atoms with Gasteiger partial charge in [-0.25, -0.2) is 0 Å². The summed E-state index contributed by atoms with van der Waals surface area (Å²) >= 11 is 0. The highest BCUT2D eigenvalue weighted by Gasteiger charge is 2.15. The second-order valence-electron chi connectivity index (χ2n) is 4.33. The van der Waals surface area contributed by atoms with E-state index in [4.69, 9.17) is 9.47 Å². The third-order valence-electron chi connectivity index (χ3n) is 3.01. The van der Waals surface area contributed by atoms with E-state index >= 15 is 0 Å². The summed E-state index contributed by atoms with van der Waals surface area (Å²) in [6, 6.07) is 15.3. The zero-order valence-corrected chi connectivity index (χ0v) is 10.3. The molecular weight excluding hydrogens is 240 g/mol. The van der Waals surface area contributed by atoms with Crippen molar-refractivity contribution >= 4 is 6.08 Å². The number of ether oxygens (including phenoxy) is 2. The van der Waals surface area contributed by atoms with Gasteiger partial charge in [0.2, 0.25) is 6.79 Å². The average molecular weight is 254 g/mol. The van der Waals surface area contributed by atoms with Crippen molar-refractivity contribution in [1.29, 1.82) is 0 Å². The largest absolute Gasteiger partial charge is 0.454 e. The number of aliphatic hydroxyl groups is 1. The van der Waals surface area contributed by atoms with Crippen molar-refractivity contribution in [1.82, 2.24) is 0 Å². The first kappa shape index (κ1) is 11.8. The third-order valence-corrected chi connectivity index (χ3v) is 3.01. The van der Waals surface area contributed by atoms with Crippen LogP contribution in [0.1, 0.15) is 17.2 Å². The Hall–Kier alpha value is -2.26. The fraction of sp³-hybridized carbons (Fsp3) is 0.125. The van der Waals surface area contributed by atoms with E-state index in [-0.39, 0.29) is 6.79 Å². The summed E-state index contributed by atoms with van der Waals surface area (Å²) in [6.07, 6.45) is 3.00. The monoisotopic (exact) mass is 254 g/mol. The van der Waals surface area contributed by atoms with E-state index in [0.29, 0.717) is 5.75 Å². The molecule has 1 atom stereocenters. The molecule has 19 heavy (non-hydrogen) atoms. The highest BCUT2D eigenvalue weighted by atomic mass is 16.7. The van der Waals surface area contributed by atoms with Crippen LogP contribution >= 0.6 is 0 Å². The molecule has 1 unspecified atom stereocenters. The van der Waals surface area contributed by atoms with Crippen LogP contribution in [0.3, 0.4) is 0 Å². The number of aliphatic hydroxyl groups excluding tert-OH is 1. The minimum absolute atomic E-state index is 0.245. The summed E-state index contributed by atoms with van der Waals surface area (Å²) in [5.74, 6) is 1.41. The zero-order valence-electron chi connectivity index (χ0n) is 10.3. The molecule has 0 bridgehead atoms. The summed E-state index contributed by atoms with van der Waals surface area (Å²) in [5, 5.41) is 10.1. The number of rotatable bonds is 3. The molecule has 1 aliphatic rings. The first-order valence-corrected chi connectivity index (χ1v) is 6.14. The molecule has 0 spiro atoms. The molecule has 1 aliphatic heterocycles. The molecule has 96 valence electrons. The maximum atomic E-state index is 10.1. The molecule has 0 aliphatic carbocycles. The summed E-state index contributed by atoms with van der Waals surface area (Å²) in [6.45, 7) is 0.245. The Morgan fingerprint density at radius 2 is 1.79 bits per heavy atom. The molecule has 0 saturated carbocycles. The summed E-state index contributed by atoms with van der Waals surface area (Å²) < 4.78 is 10.5. The minimum atomic E-state index is -0.658. The predicted molar refractivity (Wildman–Crippen MR) is 73.0 cm³/mol. The van der Waals surface area contributed by atoms with Gasteiger partial charge in [0, 0.05) is 0 Å². The molecule has 0 radical (unpaired) electrons. The van der Waals surface area contributed by atoms with Crippen LogP contribution in [-0.4, -0.2) is 11.9 Å². The van der Waals surface area contributed by atoms with Gasteiger partial charge in [-0.2, -0.15) is 0 Å². The molecule has 1 N–H and O–H groups in total. The lowest BCUT2D eigenvalue weighted by atomic mass is 10.1. The van der Waals surface area contributed by atoms with E-state index < -0.39 is 6.10 Å². The summed E-state index contributed by atoms with van der Waals surface area (Å²) in [4.78, 5) is 0. The van der Waals surface area contributed by atoms with Gasteiger partial charge in [-0.05, 0) is 23.3 Å². The minimum Gasteiger partial charge on any atom is -0.454 e. The number of hydrogen-bond acceptors (Lipinski definition) is 3. The second-order valence-corrected chi connectivity index (χ2v) is 4.33. The van der Waals surface area contributed by atoms with Gasteiger partial charge in [0.25, 0.3) is 0 Å². The Labute approximate surface area is 111 Å². The Bertz CT molecular complexity index is 590. The van der Waals surface area contributed by atoms with Crippen LogP contribution in [0.5, 0.6) is 11.5 Å². The topological polar surface area (TPSA) is 38.7 Å². The number of hydrogen-bond donors (Lipinski definition) is 1. The van der Waals surface area contributed by atoms with Gasteiger partial charge in [0.1, 0.15) is 0 Å². The Kier molecular flexibility index (Phi) is 3.21. The fourth-order valence-electron chi connectivity index (χ4n) is 1.97. The van der Waals surface area contributed by atoms with E-state index in [1.807, 2.05) is 54.6 Å². The van der Waals surface area contributed by atoms with Crippen molar-refractivity contribution in [3.05, 3.63) is 65.7 Å². The molecule has 0 amide bonds. The molecule has 3 heteroatoms. The number of fused-ring (bicyclic) bond motifs is 1. The van der Waals surface area contributed by atoms with E-state index in [0.717, 1.165) is 16.9 Å². The van der Waals surface area contributed by atoms with Crippen LogP contribution in [0.15, 0.2) is 54.6 Å². The normalized spacial score (nSPS) is 14.8. The van der Waals surface area contributed by atoms with Crippen molar-refractivity contribution < 1.29 is 14.6 Å². The van der Waals surface area contributed by atoms with E-state index in [1.54, 1.807) is 6.08 Å². The van der Waals surface area contributed by atoms with Gasteiger partial charge in [-0.3, -0.25) is 0 Å². The molecule has 2 aromatic carbocycles. The maximum absolute atomic E-state index is 10.1. The van der Waals surface area contributed by atoms with Crippen molar-refractivity contribution in [2.24, 2.45) is 0 Å². The molecule has 0 saturated heterocycles. The van der Waals surface area contributed by atoms with Crippen LogP contribution in [-0.2, 0) is 0 Å². The molecule has 2 aromatic rings. The highest BCUT2D eigenvalue weighted by Crippen LogP contribution is 2.34. The van der Waals surface area contributed by atoms with Crippen molar-refractivity contribution in [2.45, 2.75) is 6.10 Å². The third kappa shape index (κ3) is 2.61. The molecule has 1 heterocycles. The Morgan fingerprint density at radius 3 is 2.63 bits per heavy atom. The zero-order chi connectivity index (χ0) is 13.1. The van der Waals surface area contributed by atoms with Crippen LogP contribution in [0, 0.1) is 0 Å². The lowest BCUT2D eigenvalue weighted by molar-refractivity contribution is 0.173. The Balaban J connectivity index is 1.77. The van der Waals surface area contributed by atoms with Gasteiger partial charge in [0.15, 0.2) is 11.5 Å². The quantitative estimate of drug-likeness (QED) is 0.914. The average Bonchev–Trinajstić information content (AvgIpc) is 2.93. The molecular formula is C16H14O3. The summed E-state index contributed by atoms with van der Waals surface area (Å²) in [5.41, 5.74) is 1.85. The van der Waals surface area contributed by atoms with Crippen LogP contribution < -0.4 is 9.47 Å². The molecule has 3 nitrogen and oxygen atoms in total. The van der Waals surface area contributed by atoms with Crippen LogP contribution in [0.2, 0.25) is 0 Å². The molecule has 0 fully saturated rings. The predicted octanol–water partition coefficient (Wildman–Crippen LogP) is 3.16. The lowest BCUT2D eigenvalue weighted by Gasteiger charge is -2.07. The lowest BCUT2D eigenvalue weighted by Crippen LogP contribution is -1.93. The standard InChI is InChI=1S/C16H14O3/c17-14(8-6-12-4-2-1-3-5-12)13-7-9-15-16(10-13)19-11-18-15/h1-10,14,17H,11H2/b8-6+. The fourth-order valence-corrected chi connectivity index (χ4v) is 1.97. The Morgan fingerprint density at radius 1 is 1.00 bits per heavy atom. The van der Waals surface area contributed by atoms with E-state index in [2.05, 4.69) is 0 Å².